The van der Waals surface area contributed by atoms with Crippen molar-refractivity contribution in [1.82, 2.24) is 0 Å². The summed E-state index contributed by atoms with van der Waals surface area (Å²) in [5.74, 6) is 0. The van der Waals surface area contributed by atoms with Gasteiger partial charge in [-0.3, -0.25) is 0 Å². The maximum Gasteiger partial charge on any atom is 0.252 e. The van der Waals surface area contributed by atoms with Crippen LogP contribution in [0.4, 0.5) is 45.5 Å². The van der Waals surface area contributed by atoms with Crippen LogP contribution in [0.2, 0.25) is 0 Å². The van der Waals surface area contributed by atoms with Gasteiger partial charge in [-0.05, 0) is 135 Å². The van der Waals surface area contributed by atoms with E-state index >= 15 is 0 Å². The van der Waals surface area contributed by atoms with Gasteiger partial charge >= 0.3 is 0 Å². The maximum atomic E-state index is 2.80. The Kier molecular flexibility index (Phi) is 9.13. The van der Waals surface area contributed by atoms with Gasteiger partial charge in [-0.1, -0.05) is 161 Å². The number of nitrogens with zero attached hydrogens (tertiary/aromatic N) is 3. The molecule has 1 aliphatic carbocycles. The van der Waals surface area contributed by atoms with E-state index in [4.69, 9.17) is 0 Å². The molecular weight excluding hydrogens is 830 g/mol. The minimum atomic E-state index is -0.106. The normalized spacial score (nSPS) is 19.9. The number of fused-ring (bicyclic) bond motifs is 10. The van der Waals surface area contributed by atoms with Gasteiger partial charge in [0.1, 0.15) is 0 Å². The Labute approximate surface area is 403 Å². The summed E-state index contributed by atoms with van der Waals surface area (Å²) in [5.41, 5.74) is 19.6. The van der Waals surface area contributed by atoms with Crippen LogP contribution in [0, 0.1) is 0 Å². The van der Waals surface area contributed by atoms with Gasteiger partial charge in [0.2, 0.25) is 0 Å². The lowest BCUT2D eigenvalue weighted by molar-refractivity contribution is 0.195. The maximum absolute atomic E-state index is 2.80. The Morgan fingerprint density at radius 3 is 1.69 bits per heavy atom. The summed E-state index contributed by atoms with van der Waals surface area (Å²) in [4.78, 5) is 8.12. The van der Waals surface area contributed by atoms with E-state index in [1.54, 1.807) is 0 Å². The highest BCUT2D eigenvalue weighted by atomic mass is 32.1. The molecule has 2 unspecified atom stereocenters. The van der Waals surface area contributed by atoms with Gasteiger partial charge in [0, 0.05) is 71.1 Å². The molecule has 12 rings (SSSR count). The molecule has 1 fully saturated rings. The van der Waals surface area contributed by atoms with E-state index in [1.165, 1.54) is 124 Å². The first kappa shape index (κ1) is 42.6. The second-order valence-electron chi connectivity index (χ2n) is 23.8. The second-order valence-corrected chi connectivity index (χ2v) is 24.9. The third-order valence-corrected chi connectivity index (χ3v) is 17.8. The zero-order valence-corrected chi connectivity index (χ0v) is 42.3. The van der Waals surface area contributed by atoms with Crippen molar-refractivity contribution in [3.05, 3.63) is 162 Å². The quantitative estimate of drug-likeness (QED) is 0.164. The summed E-state index contributed by atoms with van der Waals surface area (Å²) < 4.78 is 2.65. The first-order valence-electron chi connectivity index (χ1n) is 24.8. The lowest BCUT2D eigenvalue weighted by Gasteiger charge is -2.51. The molecule has 8 aromatic rings. The first-order valence-corrected chi connectivity index (χ1v) is 25.7. The summed E-state index contributed by atoms with van der Waals surface area (Å²) in [7, 11) is 0. The van der Waals surface area contributed by atoms with Crippen molar-refractivity contribution < 1.29 is 0 Å². The topological polar surface area (TPSA) is 9.72 Å². The molecule has 3 nitrogen and oxygen atoms in total. The Morgan fingerprint density at radius 1 is 0.463 bits per heavy atom. The van der Waals surface area contributed by atoms with E-state index in [9.17, 15) is 0 Å². The fraction of sp³-hybridized carbons (Fsp3) is 0.323. The lowest BCUT2D eigenvalue weighted by atomic mass is 9.33. The van der Waals surface area contributed by atoms with E-state index in [2.05, 4.69) is 230 Å². The highest BCUT2D eigenvalue weighted by molar-refractivity contribution is 7.25. The number of thiophene rings is 1. The molecular formula is C62H64BN3S. The molecule has 7 aromatic carbocycles. The van der Waals surface area contributed by atoms with Crippen molar-refractivity contribution >= 4 is 100 Å². The van der Waals surface area contributed by atoms with Crippen LogP contribution in [-0.2, 0) is 21.7 Å². The lowest BCUT2D eigenvalue weighted by Crippen LogP contribution is -2.61. The average molecular weight is 894 g/mol. The molecule has 67 heavy (non-hydrogen) atoms. The van der Waals surface area contributed by atoms with Gasteiger partial charge in [-0.15, -0.1) is 11.3 Å². The largest absolute Gasteiger partial charge is 0.334 e. The van der Waals surface area contributed by atoms with Crippen molar-refractivity contribution in [1.29, 1.82) is 0 Å². The van der Waals surface area contributed by atoms with Crippen LogP contribution in [-0.4, -0.2) is 12.3 Å². The van der Waals surface area contributed by atoms with E-state index in [0.717, 1.165) is 6.42 Å². The van der Waals surface area contributed by atoms with Crippen LogP contribution in [0.25, 0.3) is 20.2 Å². The predicted molar refractivity (Wildman–Crippen MR) is 292 cm³/mol. The van der Waals surface area contributed by atoms with Crippen molar-refractivity contribution in [3.8, 4) is 0 Å². The van der Waals surface area contributed by atoms with E-state index in [0.29, 0.717) is 0 Å². The van der Waals surface area contributed by atoms with Crippen molar-refractivity contribution in [3.63, 3.8) is 0 Å². The van der Waals surface area contributed by atoms with E-state index in [-0.39, 0.29) is 33.9 Å². The number of para-hydroxylation sites is 1. The van der Waals surface area contributed by atoms with Crippen molar-refractivity contribution in [2.24, 2.45) is 0 Å². The zero-order chi connectivity index (χ0) is 46.6. The minimum Gasteiger partial charge on any atom is -0.334 e. The van der Waals surface area contributed by atoms with Crippen LogP contribution in [0.15, 0.2) is 140 Å². The van der Waals surface area contributed by atoms with Gasteiger partial charge in [-0.25, -0.2) is 0 Å². The molecule has 3 aliphatic heterocycles. The summed E-state index contributed by atoms with van der Waals surface area (Å²) in [6.07, 6.45) is 4.83. The summed E-state index contributed by atoms with van der Waals surface area (Å²) in [5, 5.41) is 2.66. The number of anilines is 8. The molecule has 0 bridgehead atoms. The molecule has 0 radical (unpaired) electrons. The fourth-order valence-corrected chi connectivity index (χ4v) is 13.8. The predicted octanol–water partition coefficient (Wildman–Crippen LogP) is 15.8. The zero-order valence-electron chi connectivity index (χ0n) is 41.4. The molecule has 0 N–H and O–H groups in total. The summed E-state index contributed by atoms with van der Waals surface area (Å²) >= 11 is 1.91. The molecule has 0 amide bonds. The van der Waals surface area contributed by atoms with Crippen LogP contribution in [0.5, 0.6) is 0 Å². The Hall–Kier alpha value is -5.78. The molecule has 4 heterocycles. The molecule has 5 heteroatoms. The van der Waals surface area contributed by atoms with E-state index < -0.39 is 0 Å². The van der Waals surface area contributed by atoms with Crippen molar-refractivity contribution in [2.75, 3.05) is 14.7 Å². The van der Waals surface area contributed by atoms with Gasteiger partial charge in [-0.2, -0.15) is 0 Å². The Balaban J connectivity index is 1.22. The SMILES string of the molecule is CC(C)(C)c1cccc(N2c3cc(C(C)(C)C)ccc3B3c4ccc(C(C)(C)C)cc4N(c4ccc5c(c4)sc4ccccc45)c4cc(N5c6ccccc6C6(C)CCCCC56C)cc2c43)c1. The molecule has 0 saturated heterocycles. The number of benzene rings is 7. The summed E-state index contributed by atoms with van der Waals surface area (Å²) in [6, 6.07) is 55.0. The van der Waals surface area contributed by atoms with E-state index in [1.807, 2.05) is 11.3 Å². The minimum absolute atomic E-state index is 0.0171. The van der Waals surface area contributed by atoms with Gasteiger partial charge in [0.05, 0.1) is 5.54 Å². The third-order valence-electron chi connectivity index (χ3n) is 16.6. The fourth-order valence-electron chi connectivity index (χ4n) is 12.7. The smallest absolute Gasteiger partial charge is 0.252 e. The van der Waals surface area contributed by atoms with Crippen LogP contribution < -0.4 is 31.1 Å². The molecule has 1 aromatic heterocycles. The average Bonchev–Trinajstić information content (AvgIpc) is 3.76. The van der Waals surface area contributed by atoms with Gasteiger partial charge in [0.25, 0.3) is 6.71 Å². The molecule has 2 atom stereocenters. The van der Waals surface area contributed by atoms with Crippen LogP contribution in [0.1, 0.15) is 124 Å². The molecule has 1 saturated carbocycles. The highest BCUT2D eigenvalue weighted by Crippen LogP contribution is 2.62. The third kappa shape index (κ3) is 6.22. The second kappa shape index (κ2) is 14.4. The Morgan fingerprint density at radius 2 is 1.03 bits per heavy atom. The number of hydrogen-bond donors (Lipinski definition) is 0. The highest BCUT2D eigenvalue weighted by Gasteiger charge is 2.58. The van der Waals surface area contributed by atoms with Crippen molar-refractivity contribution in [2.45, 2.75) is 129 Å². The van der Waals surface area contributed by atoms with Gasteiger partial charge in [0.15, 0.2) is 0 Å². The Bertz CT molecular complexity index is 3340. The van der Waals surface area contributed by atoms with Crippen LogP contribution in [0.3, 0.4) is 0 Å². The standard InChI is InChI=1S/C62H64BN3S/c1-58(2,3)39-19-18-20-42(33-39)64-51-34-40(59(4,5)6)25-29-48(51)63-49-30-26-41(60(7,8)9)35-52(49)65(43-27-28-46-45-21-12-15-24-55(45)67-56(46)38-43)54-37-44(36-53(64)57(54)63)66-50-23-14-13-22-47(50)61(10)31-16-17-32-62(61,66)11/h12-15,18-30,33-38H,16-17,31-32H2,1-11H3. The number of rotatable bonds is 3. The van der Waals surface area contributed by atoms with Crippen LogP contribution >= 0.6 is 11.3 Å². The summed E-state index contributed by atoms with van der Waals surface area (Å²) in [6.45, 7) is 26.3. The molecule has 0 spiro atoms. The number of hydrogen-bond acceptors (Lipinski definition) is 4. The monoisotopic (exact) mass is 893 g/mol. The van der Waals surface area contributed by atoms with Gasteiger partial charge < -0.3 is 14.7 Å². The molecule has 336 valence electrons. The first-order chi connectivity index (χ1) is 31.8. The molecule has 4 aliphatic rings.